The standard InChI is InChI=1S/C22H27FN4O4S/c23-18-5-3-17(4-6-18)22(29)26-19-10-13-27(14-11-19)15-21(28)25-12-9-16-1-7-20(8-2-16)32(24,30)31/h1-8,19H,9-15H2,(H,25,28)(H,26,29)(H2,24,30,31). The number of benzene rings is 2. The third-order valence-corrected chi connectivity index (χ3v) is 6.31. The Bertz CT molecular complexity index is 1030. The van der Waals surface area contributed by atoms with E-state index in [0.717, 1.165) is 18.4 Å². The number of hydrogen-bond acceptors (Lipinski definition) is 5. The van der Waals surface area contributed by atoms with Crippen molar-refractivity contribution in [2.45, 2.75) is 30.2 Å². The van der Waals surface area contributed by atoms with Gasteiger partial charge in [0.15, 0.2) is 0 Å². The van der Waals surface area contributed by atoms with E-state index in [1.54, 1.807) is 12.1 Å². The molecule has 2 amide bonds. The van der Waals surface area contributed by atoms with Gasteiger partial charge in [-0.05, 0) is 61.2 Å². The first-order valence-electron chi connectivity index (χ1n) is 10.4. The van der Waals surface area contributed by atoms with E-state index < -0.39 is 10.0 Å². The second-order valence-corrected chi connectivity index (χ2v) is 9.38. The van der Waals surface area contributed by atoms with E-state index in [9.17, 15) is 22.4 Å². The molecule has 2 aromatic rings. The fourth-order valence-electron chi connectivity index (χ4n) is 3.56. The van der Waals surface area contributed by atoms with Crippen LogP contribution in [0.2, 0.25) is 0 Å². The van der Waals surface area contributed by atoms with Crippen LogP contribution < -0.4 is 15.8 Å². The average molecular weight is 463 g/mol. The highest BCUT2D eigenvalue weighted by molar-refractivity contribution is 7.89. The Labute approximate surface area is 187 Å². The number of piperidine rings is 1. The van der Waals surface area contributed by atoms with Gasteiger partial charge < -0.3 is 10.6 Å². The van der Waals surface area contributed by atoms with Crippen molar-refractivity contribution < 1.29 is 22.4 Å². The van der Waals surface area contributed by atoms with Gasteiger partial charge in [0.1, 0.15) is 5.82 Å². The van der Waals surface area contributed by atoms with E-state index >= 15 is 0 Å². The van der Waals surface area contributed by atoms with Gasteiger partial charge in [0.05, 0.1) is 11.4 Å². The molecule has 1 aliphatic rings. The van der Waals surface area contributed by atoms with Crippen LogP contribution in [0, 0.1) is 5.82 Å². The Morgan fingerprint density at radius 3 is 2.25 bits per heavy atom. The molecule has 8 nitrogen and oxygen atoms in total. The molecule has 0 aromatic heterocycles. The van der Waals surface area contributed by atoms with E-state index in [0.29, 0.717) is 31.6 Å². The van der Waals surface area contributed by atoms with Crippen LogP contribution in [0.25, 0.3) is 0 Å². The van der Waals surface area contributed by atoms with Crippen LogP contribution in [0.5, 0.6) is 0 Å². The molecular formula is C22H27FN4O4S. The maximum Gasteiger partial charge on any atom is 0.251 e. The SMILES string of the molecule is NS(=O)(=O)c1ccc(CCNC(=O)CN2CCC(NC(=O)c3ccc(F)cc3)CC2)cc1. The van der Waals surface area contributed by atoms with E-state index in [1.807, 2.05) is 4.90 Å². The summed E-state index contributed by atoms with van der Waals surface area (Å²) >= 11 is 0. The summed E-state index contributed by atoms with van der Waals surface area (Å²) in [6.45, 7) is 2.11. The van der Waals surface area contributed by atoms with Crippen molar-refractivity contribution >= 4 is 21.8 Å². The Kier molecular flexibility index (Phi) is 7.94. The summed E-state index contributed by atoms with van der Waals surface area (Å²) in [5.74, 6) is -0.689. The molecule has 172 valence electrons. The van der Waals surface area contributed by atoms with Crippen LogP contribution in [-0.2, 0) is 21.2 Å². The Morgan fingerprint density at radius 2 is 1.66 bits per heavy atom. The van der Waals surface area contributed by atoms with E-state index in [-0.39, 0.29) is 35.1 Å². The van der Waals surface area contributed by atoms with Crippen LogP contribution in [-0.4, -0.2) is 57.4 Å². The molecule has 1 heterocycles. The van der Waals surface area contributed by atoms with Crippen molar-refractivity contribution in [3.63, 3.8) is 0 Å². The van der Waals surface area contributed by atoms with Crippen molar-refractivity contribution in [2.75, 3.05) is 26.2 Å². The highest BCUT2D eigenvalue weighted by Crippen LogP contribution is 2.12. The third-order valence-electron chi connectivity index (χ3n) is 5.38. The summed E-state index contributed by atoms with van der Waals surface area (Å²) in [4.78, 5) is 26.5. The molecule has 0 atom stereocenters. The highest BCUT2D eigenvalue weighted by Gasteiger charge is 2.22. The Hall–Kier alpha value is -2.82. The minimum Gasteiger partial charge on any atom is -0.355 e. The fraction of sp³-hybridized carbons (Fsp3) is 0.364. The molecule has 4 N–H and O–H groups in total. The van der Waals surface area contributed by atoms with Gasteiger partial charge in [-0.2, -0.15) is 0 Å². The second kappa shape index (κ2) is 10.7. The highest BCUT2D eigenvalue weighted by atomic mass is 32.2. The van der Waals surface area contributed by atoms with Crippen LogP contribution >= 0.6 is 0 Å². The van der Waals surface area contributed by atoms with Crippen molar-refractivity contribution in [3.8, 4) is 0 Å². The lowest BCUT2D eigenvalue weighted by molar-refractivity contribution is -0.122. The lowest BCUT2D eigenvalue weighted by atomic mass is 10.0. The largest absolute Gasteiger partial charge is 0.355 e. The third kappa shape index (κ3) is 7.11. The zero-order chi connectivity index (χ0) is 23.1. The number of hydrogen-bond donors (Lipinski definition) is 3. The number of nitrogens with zero attached hydrogens (tertiary/aromatic N) is 1. The van der Waals surface area contributed by atoms with Crippen molar-refractivity contribution in [1.82, 2.24) is 15.5 Å². The summed E-state index contributed by atoms with van der Waals surface area (Å²) in [6.07, 6.45) is 2.04. The molecule has 0 aliphatic carbocycles. The number of halogens is 1. The molecule has 0 saturated carbocycles. The smallest absolute Gasteiger partial charge is 0.251 e. The average Bonchev–Trinajstić information content (AvgIpc) is 2.75. The zero-order valence-electron chi connectivity index (χ0n) is 17.6. The van der Waals surface area contributed by atoms with Crippen molar-refractivity contribution in [3.05, 3.63) is 65.5 Å². The van der Waals surface area contributed by atoms with Crippen LogP contribution in [0.1, 0.15) is 28.8 Å². The molecule has 0 bridgehead atoms. The number of nitrogens with one attached hydrogen (secondary N) is 2. The fourth-order valence-corrected chi connectivity index (χ4v) is 4.07. The predicted octanol–water partition coefficient (Wildman–Crippen LogP) is 1.03. The van der Waals surface area contributed by atoms with Gasteiger partial charge in [-0.1, -0.05) is 12.1 Å². The Morgan fingerprint density at radius 1 is 1.03 bits per heavy atom. The van der Waals surface area contributed by atoms with Crippen LogP contribution in [0.3, 0.4) is 0 Å². The topological polar surface area (TPSA) is 122 Å². The normalized spacial score (nSPS) is 15.3. The number of carbonyl (C=O) groups excluding carboxylic acids is 2. The lowest BCUT2D eigenvalue weighted by Gasteiger charge is -2.31. The molecule has 10 heteroatoms. The number of sulfonamides is 1. The molecule has 1 fully saturated rings. The molecular weight excluding hydrogens is 435 g/mol. The first-order chi connectivity index (χ1) is 15.2. The second-order valence-electron chi connectivity index (χ2n) is 7.82. The first kappa shape index (κ1) is 23.8. The number of rotatable bonds is 8. The van der Waals surface area contributed by atoms with E-state index in [4.69, 9.17) is 5.14 Å². The van der Waals surface area contributed by atoms with Gasteiger partial charge in [0, 0.05) is 31.2 Å². The maximum atomic E-state index is 13.0. The molecule has 0 spiro atoms. The molecule has 32 heavy (non-hydrogen) atoms. The van der Waals surface area contributed by atoms with Gasteiger partial charge in [0.2, 0.25) is 15.9 Å². The zero-order valence-corrected chi connectivity index (χ0v) is 18.4. The lowest BCUT2D eigenvalue weighted by Crippen LogP contribution is -2.47. The van der Waals surface area contributed by atoms with Crippen molar-refractivity contribution in [2.24, 2.45) is 5.14 Å². The van der Waals surface area contributed by atoms with Crippen LogP contribution in [0.4, 0.5) is 4.39 Å². The number of nitrogens with two attached hydrogens (primary N) is 1. The number of amides is 2. The number of primary sulfonamides is 1. The summed E-state index contributed by atoms with van der Waals surface area (Å²) in [5, 5.41) is 10.9. The van der Waals surface area contributed by atoms with E-state index in [2.05, 4.69) is 10.6 Å². The summed E-state index contributed by atoms with van der Waals surface area (Å²) < 4.78 is 35.5. The molecule has 1 aliphatic heterocycles. The molecule has 3 rings (SSSR count). The Balaban J connectivity index is 1.34. The van der Waals surface area contributed by atoms with Gasteiger partial charge in [-0.25, -0.2) is 17.9 Å². The monoisotopic (exact) mass is 462 g/mol. The van der Waals surface area contributed by atoms with Gasteiger partial charge >= 0.3 is 0 Å². The van der Waals surface area contributed by atoms with Crippen molar-refractivity contribution in [1.29, 1.82) is 0 Å². The van der Waals surface area contributed by atoms with Gasteiger partial charge in [-0.15, -0.1) is 0 Å². The first-order valence-corrected chi connectivity index (χ1v) is 11.9. The minimum absolute atomic E-state index is 0.0205. The number of carbonyl (C=O) groups is 2. The van der Waals surface area contributed by atoms with Gasteiger partial charge in [0.25, 0.3) is 5.91 Å². The summed E-state index contributed by atoms with van der Waals surface area (Å²) in [5.41, 5.74) is 1.32. The van der Waals surface area contributed by atoms with Crippen LogP contribution in [0.15, 0.2) is 53.4 Å². The maximum absolute atomic E-state index is 13.0. The number of likely N-dealkylation sites (tertiary alicyclic amines) is 1. The minimum atomic E-state index is -3.71. The summed E-state index contributed by atoms with van der Waals surface area (Å²) in [6, 6.07) is 11.7. The molecule has 2 aromatic carbocycles. The summed E-state index contributed by atoms with van der Waals surface area (Å²) in [7, 11) is -3.71. The molecule has 0 radical (unpaired) electrons. The van der Waals surface area contributed by atoms with E-state index in [1.165, 1.54) is 36.4 Å². The predicted molar refractivity (Wildman–Crippen MR) is 118 cm³/mol. The molecule has 0 unspecified atom stereocenters. The quantitative estimate of drug-likeness (QED) is 0.541. The molecule has 1 saturated heterocycles. The van der Waals surface area contributed by atoms with Gasteiger partial charge in [-0.3, -0.25) is 14.5 Å².